The number of rotatable bonds is 8. The van der Waals surface area contributed by atoms with Crippen LogP contribution in [0.5, 0.6) is 17.2 Å². The summed E-state index contributed by atoms with van der Waals surface area (Å²) in [5.41, 5.74) is 5.60. The first-order valence-electron chi connectivity index (χ1n) is 16.0. The molecule has 246 valence electrons. The van der Waals surface area contributed by atoms with E-state index in [1.165, 1.54) is 0 Å². The predicted octanol–water partition coefficient (Wildman–Crippen LogP) is 9.48. The smallest absolute Gasteiger partial charge is 0.162 e. The second kappa shape index (κ2) is 12.7. The molecule has 3 aromatic rings. The van der Waals surface area contributed by atoms with Gasteiger partial charge in [0.1, 0.15) is 13.2 Å². The van der Waals surface area contributed by atoms with Crippen molar-refractivity contribution in [3.63, 3.8) is 0 Å². The molecule has 0 N–H and O–H groups in total. The number of Topliss-reactive ketones (excluding diaryl/α,β-unsaturated/α-hetero) is 2. The van der Waals surface area contributed by atoms with E-state index in [-0.39, 0.29) is 29.0 Å². The van der Waals surface area contributed by atoms with Crippen LogP contribution in [0.1, 0.15) is 76.0 Å². The Morgan fingerprint density at radius 2 is 1.28 bits per heavy atom. The molecule has 47 heavy (non-hydrogen) atoms. The summed E-state index contributed by atoms with van der Waals surface area (Å²) in [6.45, 7) is 9.10. The maximum Gasteiger partial charge on any atom is 0.162 e. The number of nitrogens with zero attached hydrogens (tertiary/aromatic N) is 1. The fourth-order valence-corrected chi connectivity index (χ4v) is 7.81. The van der Waals surface area contributed by atoms with Gasteiger partial charge in [0.05, 0.1) is 17.2 Å². The van der Waals surface area contributed by atoms with Crippen LogP contribution in [0.15, 0.2) is 83.2 Å². The zero-order valence-corrected chi connectivity index (χ0v) is 29.3. The predicted molar refractivity (Wildman–Crippen MR) is 185 cm³/mol. The van der Waals surface area contributed by atoms with Gasteiger partial charge in [-0.1, -0.05) is 87.3 Å². The van der Waals surface area contributed by atoms with Crippen molar-refractivity contribution in [2.75, 3.05) is 14.2 Å². The molecule has 0 aromatic heterocycles. The second-order valence-corrected chi connectivity index (χ2v) is 15.3. The highest BCUT2D eigenvalue weighted by atomic mass is 35.5. The van der Waals surface area contributed by atoms with Gasteiger partial charge in [-0.05, 0) is 64.6 Å². The van der Waals surface area contributed by atoms with Gasteiger partial charge in [-0.2, -0.15) is 0 Å². The molecule has 2 aliphatic carbocycles. The van der Waals surface area contributed by atoms with E-state index in [2.05, 4.69) is 32.6 Å². The number of hydrogen-bond acceptors (Lipinski definition) is 6. The SMILES string of the molecule is COc1cc(COc2c(Cl)cc(C3C4=C(CC(C)(C)CC4=O)N(C)C4=C3C(=O)CC(C)(C)C4)cc2Cl)ccc1OCc1ccccc1. The van der Waals surface area contributed by atoms with Gasteiger partial charge >= 0.3 is 0 Å². The fraction of sp³-hybridized carbons (Fsp3) is 0.385. The van der Waals surface area contributed by atoms with E-state index in [0.717, 1.165) is 40.9 Å². The van der Waals surface area contributed by atoms with Crippen molar-refractivity contribution in [1.29, 1.82) is 0 Å². The quantitative estimate of drug-likeness (QED) is 0.237. The van der Waals surface area contributed by atoms with Gasteiger partial charge in [0.25, 0.3) is 0 Å². The molecule has 3 aliphatic rings. The zero-order chi connectivity index (χ0) is 33.7. The third-order valence-corrected chi connectivity index (χ3v) is 9.94. The molecule has 6 nitrogen and oxygen atoms in total. The summed E-state index contributed by atoms with van der Waals surface area (Å²) in [5, 5.41) is 0.635. The summed E-state index contributed by atoms with van der Waals surface area (Å²) in [6.07, 6.45) is 2.32. The normalized spacial score (nSPS) is 19.0. The molecule has 1 heterocycles. The number of allylic oxidation sites excluding steroid dienone is 4. The van der Waals surface area contributed by atoms with Crippen molar-refractivity contribution in [2.45, 2.75) is 72.5 Å². The van der Waals surface area contributed by atoms with Crippen molar-refractivity contribution < 1.29 is 23.8 Å². The average molecular weight is 675 g/mol. The highest BCUT2D eigenvalue weighted by Gasteiger charge is 2.48. The molecule has 0 saturated heterocycles. The lowest BCUT2D eigenvalue weighted by Gasteiger charge is -2.48. The molecule has 6 rings (SSSR count). The second-order valence-electron chi connectivity index (χ2n) is 14.5. The minimum atomic E-state index is -0.528. The van der Waals surface area contributed by atoms with E-state index < -0.39 is 5.92 Å². The first kappa shape index (κ1) is 33.2. The third kappa shape index (κ3) is 6.68. The molecule has 0 radical (unpaired) electrons. The molecule has 0 amide bonds. The molecule has 0 bridgehead atoms. The van der Waals surface area contributed by atoms with E-state index >= 15 is 0 Å². The monoisotopic (exact) mass is 673 g/mol. The van der Waals surface area contributed by atoms with Crippen LogP contribution < -0.4 is 14.2 Å². The van der Waals surface area contributed by atoms with Gasteiger partial charge in [0, 0.05) is 48.3 Å². The molecule has 0 saturated carbocycles. The van der Waals surface area contributed by atoms with E-state index in [9.17, 15) is 9.59 Å². The molecular weight excluding hydrogens is 633 g/mol. The Labute approximate surface area is 287 Å². The van der Waals surface area contributed by atoms with Gasteiger partial charge in [-0.3, -0.25) is 9.59 Å². The Bertz CT molecular complexity index is 1730. The van der Waals surface area contributed by atoms with E-state index in [4.69, 9.17) is 37.4 Å². The van der Waals surface area contributed by atoms with Crippen LogP contribution in [0.4, 0.5) is 0 Å². The molecule has 1 aliphatic heterocycles. The van der Waals surface area contributed by atoms with Crippen molar-refractivity contribution in [3.05, 3.63) is 110 Å². The van der Waals surface area contributed by atoms with Crippen LogP contribution in [-0.2, 0) is 22.8 Å². The Hall–Kier alpha value is -3.74. The van der Waals surface area contributed by atoms with Crippen LogP contribution in [0.2, 0.25) is 10.0 Å². The van der Waals surface area contributed by atoms with Gasteiger partial charge in [0.15, 0.2) is 28.8 Å². The molecule has 0 atom stereocenters. The molecule has 3 aromatic carbocycles. The van der Waals surface area contributed by atoms with Gasteiger partial charge < -0.3 is 19.1 Å². The molecule has 0 fully saturated rings. The number of ketones is 2. The fourth-order valence-electron chi connectivity index (χ4n) is 7.19. The summed E-state index contributed by atoms with van der Waals surface area (Å²) in [7, 11) is 3.60. The van der Waals surface area contributed by atoms with Crippen LogP contribution in [-0.4, -0.2) is 30.6 Å². The minimum absolute atomic E-state index is 0.0648. The van der Waals surface area contributed by atoms with Crippen molar-refractivity contribution in [1.82, 2.24) is 4.90 Å². The van der Waals surface area contributed by atoms with Gasteiger partial charge in [-0.15, -0.1) is 0 Å². The zero-order valence-electron chi connectivity index (χ0n) is 27.8. The summed E-state index contributed by atoms with van der Waals surface area (Å²) in [4.78, 5) is 29.8. The maximum absolute atomic E-state index is 13.8. The van der Waals surface area contributed by atoms with Gasteiger partial charge in [-0.25, -0.2) is 0 Å². The molecule has 8 heteroatoms. The number of carbonyl (C=O) groups is 2. The average Bonchev–Trinajstić information content (AvgIpc) is 3.00. The lowest BCUT2D eigenvalue weighted by atomic mass is 9.64. The lowest BCUT2D eigenvalue weighted by molar-refractivity contribution is -0.119. The highest BCUT2D eigenvalue weighted by Crippen LogP contribution is 2.54. The minimum Gasteiger partial charge on any atom is -0.493 e. The first-order chi connectivity index (χ1) is 22.3. The number of ether oxygens (including phenoxy) is 3. The largest absolute Gasteiger partial charge is 0.493 e. The summed E-state index contributed by atoms with van der Waals surface area (Å²) in [5.74, 6) is 1.15. The maximum atomic E-state index is 13.8. The Morgan fingerprint density at radius 1 is 0.723 bits per heavy atom. The molecule has 0 unspecified atom stereocenters. The Kier molecular flexibility index (Phi) is 8.96. The summed E-state index contributed by atoms with van der Waals surface area (Å²) >= 11 is 13.8. The number of benzene rings is 3. The number of carbonyl (C=O) groups excluding carboxylic acids is 2. The van der Waals surface area contributed by atoms with Crippen LogP contribution in [0.3, 0.4) is 0 Å². The van der Waals surface area contributed by atoms with Gasteiger partial charge in [0.2, 0.25) is 0 Å². The number of methoxy groups -OCH3 is 1. The van der Waals surface area contributed by atoms with E-state index in [1.807, 2.05) is 55.6 Å². The summed E-state index contributed by atoms with van der Waals surface area (Å²) in [6, 6.07) is 19.2. The number of halogens is 2. The standard InChI is InChI=1S/C39H41Cl2NO5/c1-38(2)17-28-35(30(43)19-38)34(36-29(42(28)5)18-39(3,4)20-31(36)44)25-15-26(40)37(27(41)16-25)47-22-24-12-13-32(33(14-24)45-6)46-21-23-10-8-7-9-11-23/h7-16,34H,17-22H2,1-6H3. The van der Waals surface area contributed by atoms with Crippen LogP contribution in [0, 0.1) is 10.8 Å². The van der Waals surface area contributed by atoms with Crippen molar-refractivity contribution in [3.8, 4) is 17.2 Å². The van der Waals surface area contributed by atoms with E-state index in [1.54, 1.807) is 19.2 Å². The van der Waals surface area contributed by atoms with Crippen LogP contribution >= 0.6 is 23.2 Å². The van der Waals surface area contributed by atoms with Crippen LogP contribution in [0.25, 0.3) is 0 Å². The Balaban J connectivity index is 1.29. The summed E-state index contributed by atoms with van der Waals surface area (Å²) < 4.78 is 17.8. The molecular formula is C39H41Cl2NO5. The highest BCUT2D eigenvalue weighted by molar-refractivity contribution is 6.37. The lowest BCUT2D eigenvalue weighted by Crippen LogP contribution is -2.43. The van der Waals surface area contributed by atoms with Crippen molar-refractivity contribution in [2.24, 2.45) is 10.8 Å². The van der Waals surface area contributed by atoms with Crippen molar-refractivity contribution >= 4 is 34.8 Å². The first-order valence-corrected chi connectivity index (χ1v) is 16.7. The molecule has 0 spiro atoms. The van der Waals surface area contributed by atoms with E-state index in [0.29, 0.717) is 57.9 Å². The third-order valence-electron chi connectivity index (χ3n) is 9.38. The topological polar surface area (TPSA) is 65.1 Å². The number of hydrogen-bond donors (Lipinski definition) is 0. The Morgan fingerprint density at radius 3 is 1.83 bits per heavy atom.